The van der Waals surface area contributed by atoms with Crippen molar-refractivity contribution in [3.8, 4) is 0 Å². The van der Waals surface area contributed by atoms with E-state index in [-0.39, 0.29) is 17.7 Å². The molecule has 2 N–H and O–H groups in total. The van der Waals surface area contributed by atoms with Gasteiger partial charge in [-0.05, 0) is 36.3 Å². The van der Waals surface area contributed by atoms with Crippen molar-refractivity contribution in [3.63, 3.8) is 0 Å². The third-order valence-corrected chi connectivity index (χ3v) is 3.77. The van der Waals surface area contributed by atoms with Crippen LogP contribution in [0.15, 0.2) is 24.3 Å². The van der Waals surface area contributed by atoms with E-state index in [1.54, 1.807) is 0 Å². The summed E-state index contributed by atoms with van der Waals surface area (Å²) in [6.07, 6.45) is 3.83. The summed E-state index contributed by atoms with van der Waals surface area (Å²) in [6, 6.07) is 7.64. The van der Waals surface area contributed by atoms with Crippen LogP contribution < -0.4 is 5.73 Å². The van der Waals surface area contributed by atoms with Gasteiger partial charge in [-0.15, -0.1) is 0 Å². The second-order valence-corrected chi connectivity index (χ2v) is 5.39. The minimum Gasteiger partial charge on any atom is -0.321 e. The number of rotatable bonds is 4. The summed E-state index contributed by atoms with van der Waals surface area (Å²) in [5.41, 5.74) is 7.99. The van der Waals surface area contributed by atoms with Crippen LogP contribution in [0.1, 0.15) is 54.9 Å². The first-order valence-electron chi connectivity index (χ1n) is 6.49. The fourth-order valence-corrected chi connectivity index (χ4v) is 2.18. The highest BCUT2D eigenvalue weighted by atomic mass is 16.1. The van der Waals surface area contributed by atoms with Gasteiger partial charge in [0.1, 0.15) is 0 Å². The molecule has 0 bridgehead atoms. The monoisotopic (exact) mass is 231 g/mol. The molecule has 1 atom stereocenters. The molecular weight excluding hydrogens is 210 g/mol. The molecule has 17 heavy (non-hydrogen) atoms. The topological polar surface area (TPSA) is 43.1 Å². The Hall–Kier alpha value is -1.15. The van der Waals surface area contributed by atoms with Gasteiger partial charge in [0.25, 0.3) is 0 Å². The van der Waals surface area contributed by atoms with Crippen LogP contribution in [0, 0.1) is 5.92 Å². The van der Waals surface area contributed by atoms with Crippen molar-refractivity contribution in [2.24, 2.45) is 11.7 Å². The van der Waals surface area contributed by atoms with E-state index in [1.807, 2.05) is 32.0 Å². The molecule has 1 aliphatic rings. The Morgan fingerprint density at radius 2 is 2.06 bits per heavy atom. The van der Waals surface area contributed by atoms with Gasteiger partial charge in [-0.25, -0.2) is 0 Å². The summed E-state index contributed by atoms with van der Waals surface area (Å²) in [5.74, 6) is 0.925. The van der Waals surface area contributed by atoms with Crippen LogP contribution in [0.4, 0.5) is 0 Å². The standard InChI is InChI=1S/C15H21NO/c1-10(2)14(16)15(17)13-8-4-7-12(9-13)11-5-3-6-11/h4,7-11,14H,3,5-6,16H2,1-2H3. The molecule has 1 aromatic rings. The van der Waals surface area contributed by atoms with Gasteiger partial charge in [0.05, 0.1) is 6.04 Å². The maximum atomic E-state index is 12.1. The molecule has 0 amide bonds. The zero-order valence-corrected chi connectivity index (χ0v) is 10.6. The maximum Gasteiger partial charge on any atom is 0.179 e. The third-order valence-electron chi connectivity index (χ3n) is 3.77. The fraction of sp³-hybridized carbons (Fsp3) is 0.533. The van der Waals surface area contributed by atoms with Crippen molar-refractivity contribution >= 4 is 5.78 Å². The Morgan fingerprint density at radius 1 is 1.35 bits per heavy atom. The molecule has 0 heterocycles. The van der Waals surface area contributed by atoms with E-state index < -0.39 is 0 Å². The Balaban J connectivity index is 2.17. The SMILES string of the molecule is CC(C)C(N)C(=O)c1cccc(C2CCC2)c1. The maximum absolute atomic E-state index is 12.1. The highest BCUT2D eigenvalue weighted by Crippen LogP contribution is 2.36. The Bertz CT molecular complexity index is 407. The quantitative estimate of drug-likeness (QED) is 0.809. The van der Waals surface area contributed by atoms with Gasteiger partial charge in [0, 0.05) is 5.56 Å². The number of Topliss-reactive ketones (excluding diaryl/α,β-unsaturated/α-hetero) is 1. The smallest absolute Gasteiger partial charge is 0.179 e. The zero-order valence-electron chi connectivity index (χ0n) is 10.6. The van der Waals surface area contributed by atoms with Gasteiger partial charge >= 0.3 is 0 Å². The molecule has 0 spiro atoms. The number of carbonyl (C=O) groups excluding carboxylic acids is 1. The van der Waals surface area contributed by atoms with Gasteiger partial charge in [-0.1, -0.05) is 38.5 Å². The first-order chi connectivity index (χ1) is 8.09. The van der Waals surface area contributed by atoms with E-state index >= 15 is 0 Å². The summed E-state index contributed by atoms with van der Waals surface area (Å²) >= 11 is 0. The average Bonchev–Trinajstić information content (AvgIpc) is 2.25. The Kier molecular flexibility index (Phi) is 3.63. The van der Waals surface area contributed by atoms with E-state index in [1.165, 1.54) is 24.8 Å². The predicted molar refractivity (Wildman–Crippen MR) is 70.2 cm³/mol. The fourth-order valence-electron chi connectivity index (χ4n) is 2.18. The molecule has 2 nitrogen and oxygen atoms in total. The normalized spacial score (nSPS) is 17.9. The third kappa shape index (κ3) is 2.58. The lowest BCUT2D eigenvalue weighted by atomic mass is 9.79. The molecule has 1 aliphatic carbocycles. The molecule has 0 aliphatic heterocycles. The van der Waals surface area contributed by atoms with Crippen molar-refractivity contribution in [1.29, 1.82) is 0 Å². The molecule has 2 rings (SSSR count). The molecule has 0 radical (unpaired) electrons. The first-order valence-corrected chi connectivity index (χ1v) is 6.49. The van der Waals surface area contributed by atoms with E-state index in [2.05, 4.69) is 6.07 Å². The summed E-state index contributed by atoms with van der Waals surface area (Å²) < 4.78 is 0. The number of ketones is 1. The molecule has 1 saturated carbocycles. The zero-order chi connectivity index (χ0) is 12.4. The molecule has 1 aromatic carbocycles. The van der Waals surface area contributed by atoms with Crippen molar-refractivity contribution in [2.45, 2.75) is 45.1 Å². The summed E-state index contributed by atoms with van der Waals surface area (Å²) in [7, 11) is 0. The second-order valence-electron chi connectivity index (χ2n) is 5.39. The molecule has 92 valence electrons. The van der Waals surface area contributed by atoms with E-state index in [0.717, 1.165) is 5.56 Å². The van der Waals surface area contributed by atoms with Gasteiger partial charge in [-0.2, -0.15) is 0 Å². The van der Waals surface area contributed by atoms with Crippen LogP contribution in [0.25, 0.3) is 0 Å². The highest BCUT2D eigenvalue weighted by Gasteiger charge is 2.22. The van der Waals surface area contributed by atoms with Crippen LogP contribution in [-0.4, -0.2) is 11.8 Å². The van der Waals surface area contributed by atoms with Crippen LogP contribution >= 0.6 is 0 Å². The van der Waals surface area contributed by atoms with E-state index in [9.17, 15) is 4.79 Å². The van der Waals surface area contributed by atoms with E-state index in [0.29, 0.717) is 5.92 Å². The summed E-state index contributed by atoms with van der Waals surface area (Å²) in [6.45, 7) is 3.97. The molecule has 1 fully saturated rings. The van der Waals surface area contributed by atoms with E-state index in [4.69, 9.17) is 5.73 Å². The lowest BCUT2D eigenvalue weighted by molar-refractivity contribution is 0.0940. The minimum atomic E-state index is -0.383. The predicted octanol–water partition coefficient (Wildman–Crippen LogP) is 3.12. The molecular formula is C15H21NO. The summed E-state index contributed by atoms with van der Waals surface area (Å²) in [4.78, 5) is 12.1. The van der Waals surface area contributed by atoms with Gasteiger partial charge in [0.2, 0.25) is 0 Å². The van der Waals surface area contributed by atoms with Gasteiger partial charge in [-0.3, -0.25) is 4.79 Å². The van der Waals surface area contributed by atoms with Crippen molar-refractivity contribution in [1.82, 2.24) is 0 Å². The molecule has 2 heteroatoms. The Morgan fingerprint density at radius 3 is 2.59 bits per heavy atom. The molecule has 0 saturated heterocycles. The number of hydrogen-bond donors (Lipinski definition) is 1. The molecule has 1 unspecified atom stereocenters. The van der Waals surface area contributed by atoms with Crippen molar-refractivity contribution in [3.05, 3.63) is 35.4 Å². The van der Waals surface area contributed by atoms with Crippen LogP contribution in [0.3, 0.4) is 0 Å². The lowest BCUT2D eigenvalue weighted by Gasteiger charge is -2.26. The number of benzene rings is 1. The van der Waals surface area contributed by atoms with Gasteiger partial charge < -0.3 is 5.73 Å². The number of nitrogens with two attached hydrogens (primary N) is 1. The molecule has 0 aromatic heterocycles. The van der Waals surface area contributed by atoms with Crippen molar-refractivity contribution in [2.75, 3.05) is 0 Å². The second kappa shape index (κ2) is 5.01. The summed E-state index contributed by atoms with van der Waals surface area (Å²) in [5, 5.41) is 0. The number of carbonyl (C=O) groups is 1. The number of hydrogen-bond acceptors (Lipinski definition) is 2. The largest absolute Gasteiger partial charge is 0.321 e. The highest BCUT2D eigenvalue weighted by molar-refractivity contribution is 6.00. The van der Waals surface area contributed by atoms with Crippen molar-refractivity contribution < 1.29 is 4.79 Å². The van der Waals surface area contributed by atoms with Crippen LogP contribution in [0.5, 0.6) is 0 Å². The van der Waals surface area contributed by atoms with Gasteiger partial charge in [0.15, 0.2) is 5.78 Å². The van der Waals surface area contributed by atoms with Crippen LogP contribution in [0.2, 0.25) is 0 Å². The average molecular weight is 231 g/mol. The Labute approximate surface area is 103 Å². The minimum absolute atomic E-state index is 0.0705. The van der Waals surface area contributed by atoms with Crippen LogP contribution in [-0.2, 0) is 0 Å². The first kappa shape index (κ1) is 12.3. The lowest BCUT2D eigenvalue weighted by Crippen LogP contribution is -2.35.